The van der Waals surface area contributed by atoms with Gasteiger partial charge < -0.3 is 10.1 Å². The van der Waals surface area contributed by atoms with Crippen LogP contribution in [0.1, 0.15) is 13.8 Å². The molecule has 0 saturated carbocycles. The topological polar surface area (TPSA) is 34.1 Å². The van der Waals surface area contributed by atoms with Crippen molar-refractivity contribution in [3.63, 3.8) is 0 Å². The highest BCUT2D eigenvalue weighted by Gasteiger charge is 1.95. The highest BCUT2D eigenvalue weighted by Crippen LogP contribution is 2.12. The fourth-order valence-corrected chi connectivity index (χ4v) is 1.28. The van der Waals surface area contributed by atoms with Gasteiger partial charge in [0.2, 0.25) is 0 Å². The molecule has 0 amide bonds. The van der Waals surface area contributed by atoms with Gasteiger partial charge in [0.1, 0.15) is 6.61 Å². The molecule has 0 aliphatic carbocycles. The van der Waals surface area contributed by atoms with Crippen molar-refractivity contribution >= 4 is 11.3 Å². The maximum absolute atomic E-state index is 5.34. The highest BCUT2D eigenvalue weighted by atomic mass is 32.1. The summed E-state index contributed by atoms with van der Waals surface area (Å²) in [7, 11) is 0. The van der Waals surface area contributed by atoms with Crippen LogP contribution in [-0.4, -0.2) is 24.2 Å². The molecule has 0 radical (unpaired) electrons. The Morgan fingerprint density at radius 3 is 3.08 bits per heavy atom. The molecule has 1 aromatic rings. The SMILES string of the molecule is CC(C)NCCOc1nccs1. The molecule has 0 atom stereocenters. The Morgan fingerprint density at radius 1 is 1.67 bits per heavy atom. The van der Waals surface area contributed by atoms with Gasteiger partial charge in [0.25, 0.3) is 5.19 Å². The van der Waals surface area contributed by atoms with E-state index >= 15 is 0 Å². The second-order valence-electron chi connectivity index (χ2n) is 2.76. The van der Waals surface area contributed by atoms with Gasteiger partial charge in [-0.2, -0.15) is 0 Å². The number of aromatic nitrogens is 1. The molecule has 0 bridgehead atoms. The standard InChI is InChI=1S/C8H14N2OS/c1-7(2)9-3-5-11-8-10-4-6-12-8/h4,6-7,9H,3,5H2,1-2H3. The molecule has 0 spiro atoms. The van der Waals surface area contributed by atoms with Crippen molar-refractivity contribution in [1.29, 1.82) is 0 Å². The van der Waals surface area contributed by atoms with Crippen LogP contribution < -0.4 is 10.1 Å². The van der Waals surface area contributed by atoms with E-state index in [1.807, 2.05) is 5.38 Å². The van der Waals surface area contributed by atoms with Crippen molar-refractivity contribution in [3.8, 4) is 5.19 Å². The van der Waals surface area contributed by atoms with Crippen molar-refractivity contribution in [1.82, 2.24) is 10.3 Å². The Morgan fingerprint density at radius 2 is 2.50 bits per heavy atom. The average molecular weight is 186 g/mol. The second kappa shape index (κ2) is 5.11. The Balaban J connectivity index is 2.04. The molecular formula is C8H14N2OS. The molecule has 0 fully saturated rings. The largest absolute Gasteiger partial charge is 0.469 e. The van der Waals surface area contributed by atoms with E-state index in [1.165, 1.54) is 11.3 Å². The lowest BCUT2D eigenvalue weighted by Gasteiger charge is -2.07. The Kier molecular flexibility index (Phi) is 4.04. The fourth-order valence-electron chi connectivity index (χ4n) is 0.768. The minimum absolute atomic E-state index is 0.518. The molecule has 1 heterocycles. The molecule has 3 nitrogen and oxygen atoms in total. The first-order valence-corrected chi connectivity index (χ1v) is 4.92. The van der Waals surface area contributed by atoms with Crippen molar-refractivity contribution in [2.75, 3.05) is 13.2 Å². The summed E-state index contributed by atoms with van der Waals surface area (Å²) in [5.74, 6) is 0. The van der Waals surface area contributed by atoms with E-state index in [1.54, 1.807) is 6.20 Å². The van der Waals surface area contributed by atoms with Gasteiger partial charge in [-0.05, 0) is 0 Å². The molecule has 0 unspecified atom stereocenters. The third-order valence-corrected chi connectivity index (χ3v) is 1.97. The predicted molar refractivity (Wildman–Crippen MR) is 50.7 cm³/mol. The molecule has 68 valence electrons. The minimum atomic E-state index is 0.518. The summed E-state index contributed by atoms with van der Waals surface area (Å²) in [6, 6.07) is 0.518. The molecule has 12 heavy (non-hydrogen) atoms. The molecule has 0 aromatic carbocycles. The number of thiazole rings is 1. The van der Waals surface area contributed by atoms with Gasteiger partial charge >= 0.3 is 0 Å². The second-order valence-corrected chi connectivity index (χ2v) is 3.61. The lowest BCUT2D eigenvalue weighted by Crippen LogP contribution is -2.27. The lowest BCUT2D eigenvalue weighted by molar-refractivity contribution is 0.307. The van der Waals surface area contributed by atoms with Crippen molar-refractivity contribution < 1.29 is 4.74 Å². The number of hydrogen-bond acceptors (Lipinski definition) is 4. The maximum atomic E-state index is 5.34. The smallest absolute Gasteiger partial charge is 0.273 e. The van der Waals surface area contributed by atoms with Gasteiger partial charge in [0.05, 0.1) is 0 Å². The predicted octanol–water partition coefficient (Wildman–Crippen LogP) is 1.52. The van der Waals surface area contributed by atoms with Crippen LogP contribution in [0.3, 0.4) is 0 Å². The summed E-state index contributed by atoms with van der Waals surface area (Å²) < 4.78 is 5.34. The molecule has 0 saturated heterocycles. The van der Waals surface area contributed by atoms with Gasteiger partial charge in [-0.3, -0.25) is 0 Å². The summed E-state index contributed by atoms with van der Waals surface area (Å²) in [6.45, 7) is 5.79. The van der Waals surface area contributed by atoms with Gasteiger partial charge in [0, 0.05) is 24.2 Å². The van der Waals surface area contributed by atoms with E-state index in [9.17, 15) is 0 Å². The molecule has 1 aromatic heterocycles. The van der Waals surface area contributed by atoms with Crippen molar-refractivity contribution in [2.24, 2.45) is 0 Å². The van der Waals surface area contributed by atoms with Crippen molar-refractivity contribution in [3.05, 3.63) is 11.6 Å². The minimum Gasteiger partial charge on any atom is -0.469 e. The number of ether oxygens (including phenoxy) is 1. The highest BCUT2D eigenvalue weighted by molar-refractivity contribution is 7.11. The summed E-state index contributed by atoms with van der Waals surface area (Å²) in [4.78, 5) is 4.00. The van der Waals surface area contributed by atoms with Crippen LogP contribution in [0.15, 0.2) is 11.6 Å². The van der Waals surface area contributed by atoms with Gasteiger partial charge in [0.15, 0.2) is 0 Å². The fraction of sp³-hybridized carbons (Fsp3) is 0.625. The van der Waals surface area contributed by atoms with Crippen LogP contribution in [0, 0.1) is 0 Å². The van der Waals surface area contributed by atoms with E-state index in [4.69, 9.17) is 4.74 Å². The zero-order valence-corrected chi connectivity index (χ0v) is 8.23. The van der Waals surface area contributed by atoms with E-state index in [0.717, 1.165) is 11.7 Å². The Labute approximate surface area is 76.8 Å². The van der Waals surface area contributed by atoms with Crippen LogP contribution in [0.5, 0.6) is 5.19 Å². The molecule has 4 heteroatoms. The number of nitrogens with one attached hydrogen (secondary N) is 1. The molecule has 0 aliphatic heterocycles. The molecule has 0 aliphatic rings. The maximum Gasteiger partial charge on any atom is 0.273 e. The molecule has 1 N–H and O–H groups in total. The van der Waals surface area contributed by atoms with E-state index in [-0.39, 0.29) is 0 Å². The summed E-state index contributed by atoms with van der Waals surface area (Å²) >= 11 is 1.52. The zero-order valence-electron chi connectivity index (χ0n) is 7.41. The normalized spacial score (nSPS) is 10.6. The molecule has 1 rings (SSSR count). The number of hydrogen-bond donors (Lipinski definition) is 1. The number of nitrogens with zero attached hydrogens (tertiary/aromatic N) is 1. The zero-order chi connectivity index (χ0) is 8.81. The van der Waals surface area contributed by atoms with E-state index < -0.39 is 0 Å². The quantitative estimate of drug-likeness (QED) is 0.708. The first kappa shape index (κ1) is 9.48. The van der Waals surface area contributed by atoms with Crippen LogP contribution in [0.2, 0.25) is 0 Å². The summed E-state index contributed by atoms with van der Waals surface area (Å²) in [5.41, 5.74) is 0. The first-order chi connectivity index (χ1) is 5.79. The van der Waals surface area contributed by atoms with Crippen LogP contribution in [0.4, 0.5) is 0 Å². The van der Waals surface area contributed by atoms with Crippen LogP contribution in [0.25, 0.3) is 0 Å². The Bertz CT molecular complexity index is 199. The first-order valence-electron chi connectivity index (χ1n) is 4.04. The van der Waals surface area contributed by atoms with Gasteiger partial charge in [-0.25, -0.2) is 4.98 Å². The third-order valence-electron chi connectivity index (χ3n) is 1.29. The van der Waals surface area contributed by atoms with Crippen molar-refractivity contribution in [2.45, 2.75) is 19.9 Å². The number of rotatable bonds is 5. The average Bonchev–Trinajstić information content (AvgIpc) is 2.49. The summed E-state index contributed by atoms with van der Waals surface area (Å²) in [5, 5.41) is 5.92. The van der Waals surface area contributed by atoms with Crippen LogP contribution >= 0.6 is 11.3 Å². The van der Waals surface area contributed by atoms with Gasteiger partial charge in [-0.1, -0.05) is 25.2 Å². The molecular weight excluding hydrogens is 172 g/mol. The lowest BCUT2D eigenvalue weighted by atomic mass is 10.4. The third kappa shape index (κ3) is 3.69. The van der Waals surface area contributed by atoms with Crippen LogP contribution in [-0.2, 0) is 0 Å². The van der Waals surface area contributed by atoms with E-state index in [0.29, 0.717) is 12.6 Å². The monoisotopic (exact) mass is 186 g/mol. The Hall–Kier alpha value is -0.610. The van der Waals surface area contributed by atoms with Gasteiger partial charge in [-0.15, -0.1) is 0 Å². The van der Waals surface area contributed by atoms with E-state index in [2.05, 4.69) is 24.1 Å². The summed E-state index contributed by atoms with van der Waals surface area (Å²) in [6.07, 6.45) is 1.75.